The Morgan fingerprint density at radius 1 is 0.680 bits per heavy atom. The van der Waals surface area contributed by atoms with Gasteiger partial charge in [0.25, 0.3) is 0 Å². The van der Waals surface area contributed by atoms with Crippen molar-refractivity contribution in [1.82, 2.24) is 0 Å². The van der Waals surface area contributed by atoms with E-state index in [1.165, 1.54) is 77.0 Å². The van der Waals surface area contributed by atoms with Gasteiger partial charge in [0.05, 0.1) is 0 Å². The van der Waals surface area contributed by atoms with Crippen molar-refractivity contribution in [2.45, 2.75) is 103 Å². The van der Waals surface area contributed by atoms with E-state index < -0.39 is 17.9 Å². The first kappa shape index (κ1) is 23.7. The van der Waals surface area contributed by atoms with Gasteiger partial charge in [-0.15, -0.1) is 0 Å². The van der Waals surface area contributed by atoms with Crippen LogP contribution in [0.4, 0.5) is 0 Å². The molecule has 25 heavy (non-hydrogen) atoms. The normalized spacial score (nSPS) is 11.4. The summed E-state index contributed by atoms with van der Waals surface area (Å²) in [7, 11) is 0. The topological polar surface area (TPSA) is 74.6 Å². The Bertz CT molecular complexity index is 349. The van der Waals surface area contributed by atoms with Gasteiger partial charge in [-0.1, -0.05) is 96.1 Å². The van der Waals surface area contributed by atoms with Crippen LogP contribution in [0.5, 0.6) is 0 Å². The lowest BCUT2D eigenvalue weighted by Gasteiger charge is -2.03. The fourth-order valence-electron chi connectivity index (χ4n) is 2.94. The first-order valence-corrected chi connectivity index (χ1v) is 10.2. The Morgan fingerprint density at radius 3 is 1.48 bits per heavy atom. The third kappa shape index (κ3) is 15.9. The summed E-state index contributed by atoms with van der Waals surface area (Å²) in [6.45, 7) is 2.25. The molecule has 0 aromatic carbocycles. The SMILES string of the molecule is CCCCCCCCCCCCCCC/C=C\CC(C(=O)O)C(=O)O. The van der Waals surface area contributed by atoms with Crippen LogP contribution in [0.15, 0.2) is 12.2 Å². The van der Waals surface area contributed by atoms with Crippen LogP contribution < -0.4 is 0 Å². The van der Waals surface area contributed by atoms with E-state index in [1.54, 1.807) is 6.08 Å². The van der Waals surface area contributed by atoms with Crippen LogP contribution in [-0.2, 0) is 9.59 Å². The lowest BCUT2D eigenvalue weighted by Crippen LogP contribution is -2.22. The minimum absolute atomic E-state index is 0.0725. The monoisotopic (exact) mass is 354 g/mol. The molecule has 0 aromatic heterocycles. The van der Waals surface area contributed by atoms with Crippen molar-refractivity contribution < 1.29 is 19.8 Å². The third-order valence-electron chi connectivity index (χ3n) is 4.61. The number of unbranched alkanes of at least 4 members (excludes halogenated alkanes) is 13. The number of aliphatic carboxylic acids is 2. The largest absolute Gasteiger partial charge is 0.481 e. The molecule has 2 N–H and O–H groups in total. The number of carboxylic acid groups (broad SMARTS) is 2. The molecule has 0 aromatic rings. The standard InChI is InChI=1S/C21H38O4/c1-2-3-4-5-6-7-8-9-10-11-12-13-14-15-16-17-18-19(20(22)23)21(24)25/h16-17,19H,2-15,18H2,1H3,(H,22,23)(H,24,25)/b17-16-. The molecular weight excluding hydrogens is 316 g/mol. The summed E-state index contributed by atoms with van der Waals surface area (Å²) in [5.41, 5.74) is 0. The molecule has 0 atom stereocenters. The zero-order valence-corrected chi connectivity index (χ0v) is 16.0. The van der Waals surface area contributed by atoms with Crippen LogP contribution >= 0.6 is 0 Å². The van der Waals surface area contributed by atoms with Crippen LogP contribution in [0.25, 0.3) is 0 Å². The molecule has 0 aliphatic heterocycles. The van der Waals surface area contributed by atoms with Gasteiger partial charge in [0.15, 0.2) is 5.92 Å². The summed E-state index contributed by atoms with van der Waals surface area (Å²) in [5, 5.41) is 17.5. The lowest BCUT2D eigenvalue weighted by molar-refractivity contribution is -0.154. The number of hydrogen-bond acceptors (Lipinski definition) is 2. The molecule has 0 rings (SSSR count). The van der Waals surface area contributed by atoms with Crippen molar-refractivity contribution >= 4 is 11.9 Å². The van der Waals surface area contributed by atoms with Gasteiger partial charge in [0, 0.05) is 0 Å². The third-order valence-corrected chi connectivity index (χ3v) is 4.61. The Morgan fingerprint density at radius 2 is 1.08 bits per heavy atom. The molecule has 0 saturated carbocycles. The number of hydrogen-bond donors (Lipinski definition) is 2. The smallest absolute Gasteiger partial charge is 0.318 e. The minimum Gasteiger partial charge on any atom is -0.481 e. The van der Waals surface area contributed by atoms with E-state index in [9.17, 15) is 9.59 Å². The first-order chi connectivity index (χ1) is 12.1. The van der Waals surface area contributed by atoms with Gasteiger partial charge in [0.1, 0.15) is 0 Å². The van der Waals surface area contributed by atoms with Gasteiger partial charge in [-0.05, 0) is 19.3 Å². The molecule has 0 unspecified atom stereocenters. The second-order valence-electron chi connectivity index (χ2n) is 6.97. The van der Waals surface area contributed by atoms with Crippen LogP contribution in [0.3, 0.4) is 0 Å². The molecular formula is C21H38O4. The van der Waals surface area contributed by atoms with Gasteiger partial charge in [0.2, 0.25) is 0 Å². The Balaban J connectivity index is 3.32. The molecule has 0 amide bonds. The van der Waals surface area contributed by atoms with Crippen LogP contribution in [0.2, 0.25) is 0 Å². The summed E-state index contributed by atoms with van der Waals surface area (Å²) in [5.74, 6) is -3.85. The molecule has 0 saturated heterocycles. The molecule has 0 heterocycles. The van der Waals surface area contributed by atoms with Crippen molar-refractivity contribution in [3.05, 3.63) is 12.2 Å². The number of carboxylic acids is 2. The summed E-state index contributed by atoms with van der Waals surface area (Å²) in [6.07, 6.45) is 21.8. The highest BCUT2D eigenvalue weighted by Gasteiger charge is 2.23. The second-order valence-corrected chi connectivity index (χ2v) is 6.97. The van der Waals surface area contributed by atoms with Gasteiger partial charge in [-0.25, -0.2) is 0 Å². The maximum Gasteiger partial charge on any atom is 0.318 e. The van der Waals surface area contributed by atoms with Crippen LogP contribution in [0.1, 0.15) is 103 Å². The van der Waals surface area contributed by atoms with Crippen molar-refractivity contribution in [2.24, 2.45) is 5.92 Å². The Labute approximate surface area is 153 Å². The van der Waals surface area contributed by atoms with Crippen molar-refractivity contribution in [3.8, 4) is 0 Å². The van der Waals surface area contributed by atoms with Crippen molar-refractivity contribution in [1.29, 1.82) is 0 Å². The van der Waals surface area contributed by atoms with Gasteiger partial charge < -0.3 is 10.2 Å². The predicted molar refractivity (Wildman–Crippen MR) is 103 cm³/mol. The summed E-state index contributed by atoms with van der Waals surface area (Å²) in [6, 6.07) is 0. The molecule has 0 bridgehead atoms. The van der Waals surface area contributed by atoms with E-state index in [-0.39, 0.29) is 6.42 Å². The number of carbonyl (C=O) groups is 2. The predicted octanol–water partition coefficient (Wildman–Crippen LogP) is 6.20. The molecule has 4 heteroatoms. The fourth-order valence-corrected chi connectivity index (χ4v) is 2.94. The first-order valence-electron chi connectivity index (χ1n) is 10.2. The van der Waals surface area contributed by atoms with E-state index in [0.29, 0.717) is 0 Å². The zero-order chi connectivity index (χ0) is 18.8. The lowest BCUT2D eigenvalue weighted by atomic mass is 10.0. The van der Waals surface area contributed by atoms with E-state index in [2.05, 4.69) is 6.92 Å². The molecule has 0 spiro atoms. The molecule has 0 fully saturated rings. The molecule has 0 aliphatic rings. The average Bonchev–Trinajstić information content (AvgIpc) is 2.57. The van der Waals surface area contributed by atoms with E-state index in [1.807, 2.05) is 6.08 Å². The van der Waals surface area contributed by atoms with Crippen molar-refractivity contribution in [2.75, 3.05) is 0 Å². The highest BCUT2D eigenvalue weighted by Crippen LogP contribution is 2.13. The summed E-state index contributed by atoms with van der Waals surface area (Å²) >= 11 is 0. The summed E-state index contributed by atoms with van der Waals surface area (Å²) in [4.78, 5) is 21.4. The molecule has 4 nitrogen and oxygen atoms in total. The molecule has 0 aliphatic carbocycles. The van der Waals surface area contributed by atoms with Gasteiger partial charge >= 0.3 is 11.9 Å². The number of rotatable bonds is 18. The van der Waals surface area contributed by atoms with Crippen LogP contribution in [0, 0.1) is 5.92 Å². The number of allylic oxidation sites excluding steroid dienone is 2. The minimum atomic E-state index is -1.32. The van der Waals surface area contributed by atoms with Crippen molar-refractivity contribution in [3.63, 3.8) is 0 Å². The molecule has 146 valence electrons. The highest BCUT2D eigenvalue weighted by atomic mass is 16.4. The van der Waals surface area contributed by atoms with E-state index in [0.717, 1.165) is 12.8 Å². The molecule has 0 radical (unpaired) electrons. The second kappa shape index (κ2) is 17.5. The average molecular weight is 355 g/mol. The Kier molecular flexibility index (Phi) is 16.6. The highest BCUT2D eigenvalue weighted by molar-refractivity contribution is 5.92. The van der Waals surface area contributed by atoms with Gasteiger partial charge in [-0.3, -0.25) is 9.59 Å². The Hall–Kier alpha value is -1.32. The van der Waals surface area contributed by atoms with Gasteiger partial charge in [-0.2, -0.15) is 0 Å². The zero-order valence-electron chi connectivity index (χ0n) is 16.0. The quantitative estimate of drug-likeness (QED) is 0.174. The van der Waals surface area contributed by atoms with Crippen LogP contribution in [-0.4, -0.2) is 22.2 Å². The van der Waals surface area contributed by atoms with E-state index >= 15 is 0 Å². The fraction of sp³-hybridized carbons (Fsp3) is 0.810. The maximum atomic E-state index is 10.7. The summed E-state index contributed by atoms with van der Waals surface area (Å²) < 4.78 is 0. The maximum absolute atomic E-state index is 10.7. The van der Waals surface area contributed by atoms with E-state index in [4.69, 9.17) is 10.2 Å².